The summed E-state index contributed by atoms with van der Waals surface area (Å²) in [5.74, 6) is -0.497. The van der Waals surface area contributed by atoms with Crippen molar-refractivity contribution in [2.75, 3.05) is 24.0 Å². The van der Waals surface area contributed by atoms with Crippen molar-refractivity contribution < 1.29 is 23.9 Å². The maximum absolute atomic E-state index is 13.7. The summed E-state index contributed by atoms with van der Waals surface area (Å²) in [6, 6.07) is 16.7. The Hall–Kier alpha value is -3.91. The number of ether oxygens (including phenoxy) is 2. The molecule has 1 aliphatic rings. The monoisotopic (exact) mass is 534 g/mol. The Morgan fingerprint density at radius 3 is 1.66 bits per heavy atom. The number of rotatable bonds is 5. The van der Waals surface area contributed by atoms with E-state index in [-0.39, 0.29) is 5.57 Å². The van der Waals surface area contributed by atoms with Crippen molar-refractivity contribution in [2.45, 2.75) is 13.8 Å². The summed E-state index contributed by atoms with van der Waals surface area (Å²) < 4.78 is 11.3. The molecule has 0 radical (unpaired) electrons. The summed E-state index contributed by atoms with van der Waals surface area (Å²) in [5.41, 5.74) is 2.61. The molecule has 3 aromatic carbocycles. The molecular weight excluding hydrogens is 512 g/mol. The third-order valence-electron chi connectivity index (χ3n) is 5.76. The van der Waals surface area contributed by atoms with Crippen LogP contribution < -0.4 is 19.3 Å². The van der Waals surface area contributed by atoms with Crippen LogP contribution in [0.25, 0.3) is 6.08 Å². The van der Waals surface area contributed by atoms with Gasteiger partial charge >= 0.3 is 6.03 Å². The van der Waals surface area contributed by atoms with Gasteiger partial charge in [-0.05, 0) is 60.9 Å². The molecule has 3 aromatic rings. The largest absolute Gasteiger partial charge is 0.493 e. The van der Waals surface area contributed by atoms with Gasteiger partial charge in [0, 0.05) is 4.47 Å². The lowest BCUT2D eigenvalue weighted by atomic mass is 10.0. The number of halogens is 1. The lowest BCUT2D eigenvalue weighted by Crippen LogP contribution is -2.57. The van der Waals surface area contributed by atoms with Crippen LogP contribution in [0.2, 0.25) is 0 Å². The number of hydrogen-bond acceptors (Lipinski definition) is 5. The third kappa shape index (κ3) is 4.33. The number of aryl methyl sites for hydroxylation is 2. The molecule has 0 atom stereocenters. The maximum atomic E-state index is 13.7. The lowest BCUT2D eigenvalue weighted by molar-refractivity contribution is -0.121. The molecule has 0 N–H and O–H groups in total. The van der Waals surface area contributed by atoms with Gasteiger partial charge in [-0.3, -0.25) is 9.59 Å². The van der Waals surface area contributed by atoms with Crippen molar-refractivity contribution in [1.29, 1.82) is 0 Å². The second-order valence-electron chi connectivity index (χ2n) is 7.92. The molecule has 0 aromatic heterocycles. The average molecular weight is 535 g/mol. The topological polar surface area (TPSA) is 76.2 Å². The Kier molecular flexibility index (Phi) is 6.75. The van der Waals surface area contributed by atoms with Crippen LogP contribution in [0, 0.1) is 13.8 Å². The Bertz CT molecular complexity index is 1310. The van der Waals surface area contributed by atoms with Crippen molar-refractivity contribution in [3.63, 3.8) is 0 Å². The lowest BCUT2D eigenvalue weighted by Gasteiger charge is -2.35. The smallest absolute Gasteiger partial charge is 0.343 e. The second-order valence-corrected chi connectivity index (χ2v) is 8.78. The maximum Gasteiger partial charge on any atom is 0.343 e. The first-order chi connectivity index (χ1) is 16.8. The molecular formula is C27H23BrN2O5. The van der Waals surface area contributed by atoms with Gasteiger partial charge in [-0.15, -0.1) is 0 Å². The molecule has 0 saturated carbocycles. The van der Waals surface area contributed by atoms with Gasteiger partial charge in [-0.2, -0.15) is 0 Å². The number of benzene rings is 3. The van der Waals surface area contributed by atoms with Crippen molar-refractivity contribution in [3.8, 4) is 11.5 Å². The summed E-state index contributed by atoms with van der Waals surface area (Å²) >= 11 is 3.48. The highest BCUT2D eigenvalue weighted by atomic mass is 79.9. The summed E-state index contributed by atoms with van der Waals surface area (Å²) in [6.07, 6.45) is 1.46. The van der Waals surface area contributed by atoms with Gasteiger partial charge in [0.15, 0.2) is 11.5 Å². The predicted molar refractivity (Wildman–Crippen MR) is 138 cm³/mol. The predicted octanol–water partition coefficient (Wildman–Crippen LogP) is 5.67. The number of urea groups is 1. The molecule has 1 heterocycles. The highest BCUT2D eigenvalue weighted by Crippen LogP contribution is 2.37. The van der Waals surface area contributed by atoms with Crippen molar-refractivity contribution in [2.24, 2.45) is 0 Å². The van der Waals surface area contributed by atoms with E-state index in [0.717, 1.165) is 20.9 Å². The molecule has 8 heteroatoms. The first-order valence-corrected chi connectivity index (χ1v) is 11.5. The van der Waals surface area contributed by atoms with Crippen LogP contribution in [0.3, 0.4) is 0 Å². The van der Waals surface area contributed by atoms with E-state index in [0.29, 0.717) is 32.9 Å². The Morgan fingerprint density at radius 2 is 1.20 bits per heavy atom. The minimum Gasteiger partial charge on any atom is -0.493 e. The van der Waals surface area contributed by atoms with Crippen molar-refractivity contribution in [1.82, 2.24) is 0 Å². The zero-order valence-corrected chi connectivity index (χ0v) is 21.3. The number of para-hydroxylation sites is 2. The van der Waals surface area contributed by atoms with Crippen LogP contribution in [-0.2, 0) is 9.59 Å². The zero-order chi connectivity index (χ0) is 25.3. The number of barbiturate groups is 1. The number of methoxy groups -OCH3 is 2. The van der Waals surface area contributed by atoms with Gasteiger partial charge in [0.05, 0.1) is 25.6 Å². The van der Waals surface area contributed by atoms with Crippen LogP contribution in [-0.4, -0.2) is 32.1 Å². The molecule has 0 unspecified atom stereocenters. The quantitative estimate of drug-likeness (QED) is 0.311. The van der Waals surface area contributed by atoms with Gasteiger partial charge in [-0.1, -0.05) is 52.3 Å². The van der Waals surface area contributed by atoms with E-state index in [1.54, 1.807) is 62.4 Å². The van der Waals surface area contributed by atoms with E-state index >= 15 is 0 Å². The van der Waals surface area contributed by atoms with Crippen molar-refractivity contribution in [3.05, 3.63) is 87.4 Å². The fraction of sp³-hybridized carbons (Fsp3) is 0.148. The van der Waals surface area contributed by atoms with Gasteiger partial charge < -0.3 is 9.47 Å². The molecule has 0 aliphatic carbocycles. The number of imide groups is 2. The number of anilines is 2. The van der Waals surface area contributed by atoms with Crippen LogP contribution in [0.1, 0.15) is 16.7 Å². The Balaban J connectivity index is 1.94. The highest BCUT2D eigenvalue weighted by molar-refractivity contribution is 9.10. The molecule has 178 valence electrons. The summed E-state index contributed by atoms with van der Waals surface area (Å²) in [6.45, 7) is 3.61. The second kappa shape index (κ2) is 9.76. The van der Waals surface area contributed by atoms with E-state index in [1.165, 1.54) is 20.3 Å². The first-order valence-electron chi connectivity index (χ1n) is 10.8. The van der Waals surface area contributed by atoms with Crippen LogP contribution >= 0.6 is 15.9 Å². The number of carbonyl (C=O) groups excluding carboxylic acids is 3. The van der Waals surface area contributed by atoms with E-state index in [2.05, 4.69) is 15.9 Å². The van der Waals surface area contributed by atoms with E-state index in [1.807, 2.05) is 12.1 Å². The molecule has 1 saturated heterocycles. The molecule has 7 nitrogen and oxygen atoms in total. The van der Waals surface area contributed by atoms with E-state index in [4.69, 9.17) is 9.47 Å². The standard InChI is InChI=1S/C27H23BrN2O5/c1-16-9-5-7-11-21(16)29-25(31)19(13-18-14-23(34-3)24(35-4)15-20(18)28)26(32)30(27(29)33)22-12-8-6-10-17(22)2/h5-15H,1-4H3. The minimum atomic E-state index is -0.730. The van der Waals surface area contributed by atoms with E-state index in [9.17, 15) is 14.4 Å². The van der Waals surface area contributed by atoms with Crippen molar-refractivity contribution >= 4 is 51.2 Å². The zero-order valence-electron chi connectivity index (χ0n) is 19.7. The van der Waals surface area contributed by atoms with Crippen LogP contribution in [0.5, 0.6) is 11.5 Å². The Labute approximate surface area is 211 Å². The molecule has 0 bridgehead atoms. The summed E-state index contributed by atoms with van der Waals surface area (Å²) in [7, 11) is 3.01. The van der Waals surface area contributed by atoms with Gasteiger partial charge in [0.25, 0.3) is 11.8 Å². The molecule has 0 spiro atoms. The molecule has 4 rings (SSSR count). The first kappa shape index (κ1) is 24.2. The summed E-state index contributed by atoms with van der Waals surface area (Å²) in [5, 5.41) is 0. The number of amides is 4. The van der Waals surface area contributed by atoms with Gasteiger partial charge in [0.2, 0.25) is 0 Å². The highest BCUT2D eigenvalue weighted by Gasteiger charge is 2.44. The van der Waals surface area contributed by atoms with Crippen LogP contribution in [0.15, 0.2) is 70.7 Å². The molecule has 35 heavy (non-hydrogen) atoms. The molecule has 1 aliphatic heterocycles. The fourth-order valence-corrected chi connectivity index (χ4v) is 4.36. The van der Waals surface area contributed by atoms with Gasteiger partial charge in [0.1, 0.15) is 5.57 Å². The SMILES string of the molecule is COc1cc(Br)c(C=C2C(=O)N(c3ccccc3C)C(=O)N(c3ccccc3C)C2=O)cc1OC. The molecule has 1 fully saturated rings. The minimum absolute atomic E-state index is 0.163. The number of hydrogen-bond donors (Lipinski definition) is 0. The van der Waals surface area contributed by atoms with Crippen LogP contribution in [0.4, 0.5) is 16.2 Å². The van der Waals surface area contributed by atoms with E-state index < -0.39 is 17.8 Å². The average Bonchev–Trinajstić information content (AvgIpc) is 2.84. The third-order valence-corrected chi connectivity index (χ3v) is 6.45. The molecule has 4 amide bonds. The summed E-state index contributed by atoms with van der Waals surface area (Å²) in [4.78, 5) is 43.1. The number of carbonyl (C=O) groups is 3. The van der Waals surface area contributed by atoms with Gasteiger partial charge in [-0.25, -0.2) is 14.6 Å². The fourth-order valence-electron chi connectivity index (χ4n) is 3.92. The normalized spacial score (nSPS) is 13.9. The Morgan fingerprint density at radius 1 is 0.743 bits per heavy atom. The number of nitrogens with zero attached hydrogens (tertiary/aromatic N) is 2.